The van der Waals surface area contributed by atoms with Gasteiger partial charge in [0.2, 0.25) is 0 Å². The van der Waals surface area contributed by atoms with Gasteiger partial charge < -0.3 is 4.74 Å². The average molecular weight is 531 g/mol. The standard InChI is InChI=1S/C21H20F6O5S2/c1-19(34(30,31)15-5-3-4-14(11-15)20(22,23)24)8-9-32-17(12-19)13-6-7-16(21(25,26)27)18(10-13)33(2,28)29/h3-7,10-11,17H,8-9,12H2,1-2H3. The highest BCUT2D eigenvalue weighted by molar-refractivity contribution is 7.92. The monoisotopic (exact) mass is 530 g/mol. The molecule has 2 aromatic rings. The van der Waals surface area contributed by atoms with Crippen molar-refractivity contribution in [1.82, 2.24) is 0 Å². The maximum atomic E-state index is 13.3. The van der Waals surface area contributed by atoms with E-state index >= 15 is 0 Å². The largest absolute Gasteiger partial charge is 0.417 e. The molecule has 0 radical (unpaired) electrons. The van der Waals surface area contributed by atoms with Crippen molar-refractivity contribution in [2.45, 2.75) is 52.8 Å². The summed E-state index contributed by atoms with van der Waals surface area (Å²) in [5.41, 5.74) is -2.49. The molecule has 34 heavy (non-hydrogen) atoms. The Balaban J connectivity index is 2.02. The minimum Gasteiger partial charge on any atom is -0.373 e. The normalized spacial score (nSPS) is 22.5. The summed E-state index contributed by atoms with van der Waals surface area (Å²) >= 11 is 0. The van der Waals surface area contributed by atoms with Crippen LogP contribution in [0.2, 0.25) is 0 Å². The van der Waals surface area contributed by atoms with Gasteiger partial charge in [0.25, 0.3) is 0 Å². The molecule has 3 rings (SSSR count). The maximum absolute atomic E-state index is 13.3. The van der Waals surface area contributed by atoms with Crippen molar-refractivity contribution in [3.63, 3.8) is 0 Å². The molecule has 0 aromatic heterocycles. The second-order valence-corrected chi connectivity index (χ2v) is 12.8. The molecular formula is C21H20F6O5S2. The zero-order valence-corrected chi connectivity index (χ0v) is 19.5. The molecule has 0 bridgehead atoms. The van der Waals surface area contributed by atoms with E-state index in [4.69, 9.17) is 4.74 Å². The third-order valence-electron chi connectivity index (χ3n) is 5.77. The van der Waals surface area contributed by atoms with E-state index < -0.39 is 63.8 Å². The SMILES string of the molecule is CC1(S(=O)(=O)c2cccc(C(F)(F)F)c2)CCOC(c2ccc(C(F)(F)F)c(S(C)(=O)=O)c2)C1. The molecule has 0 spiro atoms. The van der Waals surface area contributed by atoms with Crippen LogP contribution in [0.1, 0.15) is 42.6 Å². The van der Waals surface area contributed by atoms with Crippen LogP contribution in [0.3, 0.4) is 0 Å². The van der Waals surface area contributed by atoms with E-state index in [9.17, 15) is 43.2 Å². The van der Waals surface area contributed by atoms with Crippen LogP contribution in [-0.2, 0) is 36.8 Å². The molecule has 1 heterocycles. The highest BCUT2D eigenvalue weighted by atomic mass is 32.2. The van der Waals surface area contributed by atoms with Gasteiger partial charge >= 0.3 is 12.4 Å². The maximum Gasteiger partial charge on any atom is 0.417 e. The lowest BCUT2D eigenvalue weighted by atomic mass is 9.92. The summed E-state index contributed by atoms with van der Waals surface area (Å²) in [5, 5.41) is 0. The van der Waals surface area contributed by atoms with Gasteiger partial charge in [-0.25, -0.2) is 16.8 Å². The molecule has 1 fully saturated rings. The van der Waals surface area contributed by atoms with E-state index in [1.165, 1.54) is 6.92 Å². The highest BCUT2D eigenvalue weighted by Crippen LogP contribution is 2.44. The van der Waals surface area contributed by atoms with E-state index in [0.717, 1.165) is 30.3 Å². The molecular weight excluding hydrogens is 510 g/mol. The van der Waals surface area contributed by atoms with E-state index in [0.29, 0.717) is 18.4 Å². The number of alkyl halides is 6. The van der Waals surface area contributed by atoms with Gasteiger partial charge in [0.05, 0.1) is 31.8 Å². The second-order valence-electron chi connectivity index (χ2n) is 8.32. The Labute approximate surface area is 192 Å². The van der Waals surface area contributed by atoms with Crippen molar-refractivity contribution >= 4 is 19.7 Å². The Morgan fingerprint density at radius 2 is 1.59 bits per heavy atom. The summed E-state index contributed by atoms with van der Waals surface area (Å²) in [6.07, 6.45) is -10.6. The molecule has 1 aliphatic rings. The molecule has 0 aliphatic carbocycles. The Morgan fingerprint density at radius 3 is 2.15 bits per heavy atom. The third-order valence-corrected chi connectivity index (χ3v) is 9.45. The first-order valence-corrected chi connectivity index (χ1v) is 13.2. The van der Waals surface area contributed by atoms with E-state index in [1.807, 2.05) is 0 Å². The average Bonchev–Trinajstić information content (AvgIpc) is 2.71. The number of ether oxygens (including phenoxy) is 1. The number of sulfone groups is 2. The molecule has 0 N–H and O–H groups in total. The van der Waals surface area contributed by atoms with E-state index in [1.54, 1.807) is 0 Å². The second kappa shape index (κ2) is 8.52. The smallest absolute Gasteiger partial charge is 0.373 e. The van der Waals surface area contributed by atoms with E-state index in [-0.39, 0.29) is 25.0 Å². The van der Waals surface area contributed by atoms with Gasteiger partial charge in [0, 0.05) is 12.9 Å². The Hall–Kier alpha value is -2.12. The number of benzene rings is 2. The molecule has 1 saturated heterocycles. The van der Waals surface area contributed by atoms with Crippen LogP contribution in [0.25, 0.3) is 0 Å². The van der Waals surface area contributed by atoms with Crippen LogP contribution in [-0.4, -0.2) is 34.4 Å². The molecule has 1 aliphatic heterocycles. The fraction of sp³-hybridized carbons (Fsp3) is 0.429. The van der Waals surface area contributed by atoms with Crippen molar-refractivity contribution < 1.29 is 47.9 Å². The van der Waals surface area contributed by atoms with Crippen LogP contribution in [0.4, 0.5) is 26.3 Å². The predicted molar refractivity (Wildman–Crippen MR) is 110 cm³/mol. The summed E-state index contributed by atoms with van der Waals surface area (Å²) in [5.74, 6) is 0. The Morgan fingerprint density at radius 1 is 0.941 bits per heavy atom. The third kappa shape index (κ3) is 5.10. The zero-order valence-electron chi connectivity index (χ0n) is 17.9. The van der Waals surface area contributed by atoms with E-state index in [2.05, 4.69) is 0 Å². The molecule has 2 unspecified atom stereocenters. The van der Waals surface area contributed by atoms with Crippen LogP contribution >= 0.6 is 0 Å². The van der Waals surface area contributed by atoms with Crippen molar-refractivity contribution in [2.24, 2.45) is 0 Å². The topological polar surface area (TPSA) is 77.5 Å². The lowest BCUT2D eigenvalue weighted by Crippen LogP contribution is -2.42. The molecule has 0 amide bonds. The van der Waals surface area contributed by atoms with Crippen molar-refractivity contribution in [1.29, 1.82) is 0 Å². The van der Waals surface area contributed by atoms with Gasteiger partial charge in [-0.2, -0.15) is 26.3 Å². The van der Waals surface area contributed by atoms with Crippen LogP contribution in [0.15, 0.2) is 52.3 Å². The number of hydrogen-bond acceptors (Lipinski definition) is 5. The quantitative estimate of drug-likeness (QED) is 0.507. The summed E-state index contributed by atoms with van der Waals surface area (Å²) in [4.78, 5) is -1.52. The fourth-order valence-electron chi connectivity index (χ4n) is 3.83. The molecule has 2 atom stereocenters. The van der Waals surface area contributed by atoms with Crippen molar-refractivity contribution in [3.8, 4) is 0 Å². The summed E-state index contributed by atoms with van der Waals surface area (Å²) in [6.45, 7) is 1.16. The molecule has 5 nitrogen and oxygen atoms in total. The predicted octanol–water partition coefficient (Wildman–Crippen LogP) is 5.21. The van der Waals surface area contributed by atoms with Crippen molar-refractivity contribution in [2.75, 3.05) is 12.9 Å². The molecule has 0 saturated carbocycles. The first kappa shape index (κ1) is 26.5. The zero-order chi connectivity index (χ0) is 25.7. The van der Waals surface area contributed by atoms with Crippen LogP contribution in [0.5, 0.6) is 0 Å². The van der Waals surface area contributed by atoms with Crippen LogP contribution in [0, 0.1) is 0 Å². The summed E-state index contributed by atoms with van der Waals surface area (Å²) in [7, 11) is -8.63. The number of rotatable bonds is 4. The van der Waals surface area contributed by atoms with Crippen LogP contribution < -0.4 is 0 Å². The van der Waals surface area contributed by atoms with Gasteiger partial charge in [0.15, 0.2) is 19.7 Å². The van der Waals surface area contributed by atoms with Gasteiger partial charge in [-0.15, -0.1) is 0 Å². The highest BCUT2D eigenvalue weighted by Gasteiger charge is 2.46. The Bertz CT molecular complexity index is 1300. The molecule has 13 heteroatoms. The fourth-order valence-corrected chi connectivity index (χ4v) is 6.60. The number of hydrogen-bond donors (Lipinski definition) is 0. The Kier molecular flexibility index (Phi) is 6.64. The number of halogens is 6. The van der Waals surface area contributed by atoms with Gasteiger partial charge in [-0.05, 0) is 55.7 Å². The minimum absolute atomic E-state index is 0.0126. The molecule has 2 aromatic carbocycles. The molecule has 188 valence electrons. The van der Waals surface area contributed by atoms with Gasteiger partial charge in [0.1, 0.15) is 0 Å². The summed E-state index contributed by atoms with van der Waals surface area (Å²) < 4.78 is 134. The van der Waals surface area contributed by atoms with Gasteiger partial charge in [-0.1, -0.05) is 12.1 Å². The minimum atomic E-state index is -4.94. The first-order chi connectivity index (χ1) is 15.4. The van der Waals surface area contributed by atoms with Gasteiger partial charge in [-0.3, -0.25) is 0 Å². The lowest BCUT2D eigenvalue weighted by molar-refractivity contribution is -0.140. The lowest BCUT2D eigenvalue weighted by Gasteiger charge is -2.38. The summed E-state index contributed by atoms with van der Waals surface area (Å²) in [6, 6.07) is 5.68. The van der Waals surface area contributed by atoms with Crippen molar-refractivity contribution in [3.05, 3.63) is 59.2 Å². The first-order valence-electron chi connectivity index (χ1n) is 9.81.